The van der Waals surface area contributed by atoms with E-state index in [0.717, 1.165) is 24.0 Å². The Balaban J connectivity index is 1.77. The van der Waals surface area contributed by atoms with Crippen LogP contribution in [0.4, 0.5) is 0 Å². The molecule has 2 aliphatic rings. The van der Waals surface area contributed by atoms with Gasteiger partial charge in [-0.05, 0) is 19.4 Å². The average molecular weight is 185 g/mol. The molecule has 0 aromatic carbocycles. The molecule has 1 unspecified atom stereocenters. The Morgan fingerprint density at radius 2 is 2.58 bits per heavy atom. The number of aliphatic imine (C=N–C) groups is 1. The van der Waals surface area contributed by atoms with E-state index >= 15 is 0 Å². The van der Waals surface area contributed by atoms with Crippen molar-refractivity contribution in [1.29, 1.82) is 0 Å². The highest BCUT2D eigenvalue weighted by Gasteiger charge is 2.15. The highest BCUT2D eigenvalue weighted by molar-refractivity contribution is 8.14. The van der Waals surface area contributed by atoms with Crippen molar-refractivity contribution >= 4 is 16.9 Å². The molecule has 1 saturated heterocycles. The van der Waals surface area contributed by atoms with Gasteiger partial charge in [-0.25, -0.2) is 0 Å². The molecule has 3 nitrogen and oxygen atoms in total. The largest absolute Gasteiger partial charge is 0.361 e. The number of hydrogen-bond donors (Lipinski definition) is 2. The number of rotatable bonds is 1. The quantitative estimate of drug-likeness (QED) is 0.622. The van der Waals surface area contributed by atoms with Gasteiger partial charge in [0.15, 0.2) is 5.17 Å². The maximum Gasteiger partial charge on any atom is 0.156 e. The number of nitrogens with zero attached hydrogens (tertiary/aromatic N) is 1. The van der Waals surface area contributed by atoms with Crippen LogP contribution in [-0.4, -0.2) is 36.6 Å². The molecule has 4 heteroatoms. The lowest BCUT2D eigenvalue weighted by Gasteiger charge is -2.24. The normalized spacial score (nSPS) is 30.0. The van der Waals surface area contributed by atoms with E-state index in [2.05, 4.69) is 15.6 Å². The maximum absolute atomic E-state index is 4.37. The molecule has 2 aliphatic heterocycles. The van der Waals surface area contributed by atoms with Crippen molar-refractivity contribution in [2.24, 2.45) is 4.99 Å². The van der Waals surface area contributed by atoms with Gasteiger partial charge in [0.1, 0.15) is 0 Å². The van der Waals surface area contributed by atoms with E-state index in [0.29, 0.717) is 6.04 Å². The Labute approximate surface area is 77.4 Å². The molecule has 2 heterocycles. The number of amidine groups is 1. The van der Waals surface area contributed by atoms with Crippen LogP contribution in [0.3, 0.4) is 0 Å². The summed E-state index contributed by atoms with van der Waals surface area (Å²) in [5.41, 5.74) is 0. The van der Waals surface area contributed by atoms with E-state index in [9.17, 15) is 0 Å². The number of thioether (sulfide) groups is 1. The lowest BCUT2D eigenvalue weighted by Crippen LogP contribution is -2.44. The predicted octanol–water partition coefficient (Wildman–Crippen LogP) is 0.431. The summed E-state index contributed by atoms with van der Waals surface area (Å²) in [6.07, 6.45) is 2.57. The van der Waals surface area contributed by atoms with Crippen molar-refractivity contribution in [3.05, 3.63) is 0 Å². The molecule has 0 aromatic rings. The van der Waals surface area contributed by atoms with E-state index in [1.54, 1.807) is 0 Å². The van der Waals surface area contributed by atoms with Crippen LogP contribution in [0.15, 0.2) is 4.99 Å². The fraction of sp³-hybridized carbons (Fsp3) is 0.875. The van der Waals surface area contributed by atoms with Crippen molar-refractivity contribution in [3.8, 4) is 0 Å². The molecule has 12 heavy (non-hydrogen) atoms. The molecule has 0 amide bonds. The molecule has 2 N–H and O–H groups in total. The van der Waals surface area contributed by atoms with Crippen LogP contribution < -0.4 is 10.6 Å². The zero-order valence-corrected chi connectivity index (χ0v) is 7.99. The van der Waals surface area contributed by atoms with Crippen LogP contribution >= 0.6 is 11.8 Å². The molecular weight excluding hydrogens is 170 g/mol. The van der Waals surface area contributed by atoms with Gasteiger partial charge in [-0.2, -0.15) is 0 Å². The third-order valence-electron chi connectivity index (χ3n) is 2.21. The molecule has 68 valence electrons. The second kappa shape index (κ2) is 4.14. The van der Waals surface area contributed by atoms with Crippen molar-refractivity contribution in [2.45, 2.75) is 18.9 Å². The Bertz CT molecular complexity index is 175. The minimum Gasteiger partial charge on any atom is -0.361 e. The van der Waals surface area contributed by atoms with Gasteiger partial charge in [0.05, 0.1) is 6.54 Å². The van der Waals surface area contributed by atoms with Gasteiger partial charge in [0.25, 0.3) is 0 Å². The summed E-state index contributed by atoms with van der Waals surface area (Å²) < 4.78 is 0. The molecule has 0 spiro atoms. The summed E-state index contributed by atoms with van der Waals surface area (Å²) in [5.74, 6) is 1.16. The SMILES string of the molecule is C1CNCC(NC2=NCCS2)C1. The van der Waals surface area contributed by atoms with Gasteiger partial charge >= 0.3 is 0 Å². The molecular formula is C8H15N3S. The molecule has 1 atom stereocenters. The molecule has 0 aliphatic carbocycles. The molecule has 0 aromatic heterocycles. The highest BCUT2D eigenvalue weighted by Crippen LogP contribution is 2.11. The second-order valence-corrected chi connectivity index (χ2v) is 4.31. The minimum absolute atomic E-state index is 0.614. The van der Waals surface area contributed by atoms with Crippen molar-refractivity contribution in [1.82, 2.24) is 10.6 Å². The number of hydrogen-bond acceptors (Lipinski definition) is 4. The van der Waals surface area contributed by atoms with Gasteiger partial charge in [0, 0.05) is 18.3 Å². The van der Waals surface area contributed by atoms with Crippen LogP contribution in [0.25, 0.3) is 0 Å². The predicted molar refractivity (Wildman–Crippen MR) is 53.8 cm³/mol. The fourth-order valence-corrected chi connectivity index (χ4v) is 2.38. The van der Waals surface area contributed by atoms with Crippen LogP contribution in [0.5, 0.6) is 0 Å². The van der Waals surface area contributed by atoms with E-state index in [1.165, 1.54) is 19.4 Å². The topological polar surface area (TPSA) is 36.4 Å². The van der Waals surface area contributed by atoms with Crippen LogP contribution in [0.1, 0.15) is 12.8 Å². The van der Waals surface area contributed by atoms with Gasteiger partial charge in [0.2, 0.25) is 0 Å². The summed E-state index contributed by atoms with van der Waals surface area (Å²) in [7, 11) is 0. The summed E-state index contributed by atoms with van der Waals surface area (Å²) in [4.78, 5) is 4.37. The minimum atomic E-state index is 0.614. The Morgan fingerprint density at radius 1 is 1.58 bits per heavy atom. The van der Waals surface area contributed by atoms with Crippen molar-refractivity contribution < 1.29 is 0 Å². The first-order valence-electron chi connectivity index (χ1n) is 4.59. The summed E-state index contributed by atoms with van der Waals surface area (Å²) in [5, 5.41) is 8.01. The smallest absolute Gasteiger partial charge is 0.156 e. The standard InChI is InChI=1S/C8H15N3S/c1-2-7(6-9-3-1)11-8-10-4-5-12-8/h7,9H,1-6H2,(H,10,11). The van der Waals surface area contributed by atoms with Crippen molar-refractivity contribution in [3.63, 3.8) is 0 Å². The van der Waals surface area contributed by atoms with Crippen molar-refractivity contribution in [2.75, 3.05) is 25.4 Å². The number of piperidine rings is 1. The first-order valence-corrected chi connectivity index (χ1v) is 5.58. The average Bonchev–Trinajstić information content (AvgIpc) is 2.59. The first kappa shape index (κ1) is 8.38. The fourth-order valence-electron chi connectivity index (χ4n) is 1.57. The summed E-state index contributed by atoms with van der Waals surface area (Å²) in [6, 6.07) is 0.614. The number of nitrogens with one attached hydrogen (secondary N) is 2. The summed E-state index contributed by atoms with van der Waals surface area (Å²) in [6.45, 7) is 3.27. The molecule has 0 saturated carbocycles. The lowest BCUT2D eigenvalue weighted by atomic mass is 10.1. The molecule has 2 rings (SSSR count). The molecule has 0 bridgehead atoms. The Morgan fingerprint density at radius 3 is 3.25 bits per heavy atom. The van der Waals surface area contributed by atoms with Gasteiger partial charge in [-0.3, -0.25) is 4.99 Å². The van der Waals surface area contributed by atoms with E-state index in [4.69, 9.17) is 0 Å². The van der Waals surface area contributed by atoms with Gasteiger partial charge < -0.3 is 10.6 Å². The Kier molecular flexibility index (Phi) is 2.89. The monoisotopic (exact) mass is 185 g/mol. The Hall–Kier alpha value is -0.220. The third-order valence-corrected chi connectivity index (χ3v) is 3.12. The van der Waals surface area contributed by atoms with Gasteiger partial charge in [-0.1, -0.05) is 11.8 Å². The maximum atomic E-state index is 4.37. The highest BCUT2D eigenvalue weighted by atomic mass is 32.2. The zero-order chi connectivity index (χ0) is 8.23. The van der Waals surface area contributed by atoms with Crippen LogP contribution in [0, 0.1) is 0 Å². The third kappa shape index (κ3) is 2.14. The zero-order valence-electron chi connectivity index (χ0n) is 7.18. The van der Waals surface area contributed by atoms with E-state index in [1.807, 2.05) is 11.8 Å². The first-order chi connectivity index (χ1) is 5.95. The van der Waals surface area contributed by atoms with Gasteiger partial charge in [-0.15, -0.1) is 0 Å². The summed E-state index contributed by atoms with van der Waals surface area (Å²) >= 11 is 1.85. The van der Waals surface area contributed by atoms with E-state index in [-0.39, 0.29) is 0 Å². The lowest BCUT2D eigenvalue weighted by molar-refractivity contribution is 0.433. The van der Waals surface area contributed by atoms with Crippen LogP contribution in [0.2, 0.25) is 0 Å². The van der Waals surface area contributed by atoms with E-state index < -0.39 is 0 Å². The van der Waals surface area contributed by atoms with Crippen LogP contribution in [-0.2, 0) is 0 Å². The molecule has 0 radical (unpaired) electrons. The second-order valence-electron chi connectivity index (χ2n) is 3.22. The molecule has 1 fully saturated rings.